The van der Waals surface area contributed by atoms with E-state index in [4.69, 9.17) is 9.47 Å². The fraction of sp³-hybridized carbons (Fsp3) is 0.240. The van der Waals surface area contributed by atoms with Crippen molar-refractivity contribution < 1.29 is 23.5 Å². The number of halogens is 2. The predicted molar refractivity (Wildman–Crippen MR) is 149 cm³/mol. The number of carbonyl (C=O) groups excluding carboxylic acids is 2. The van der Waals surface area contributed by atoms with Crippen LogP contribution in [0.1, 0.15) is 23.9 Å². The highest BCUT2D eigenvalue weighted by atomic mass is 127. The molecule has 9 nitrogen and oxygen atoms in total. The zero-order valence-corrected chi connectivity index (χ0v) is 23.4. The van der Waals surface area contributed by atoms with Crippen LogP contribution in [0.15, 0.2) is 52.7 Å². The Balaban J connectivity index is 1.57. The molecule has 0 bridgehead atoms. The van der Waals surface area contributed by atoms with Crippen LogP contribution in [0.2, 0.25) is 0 Å². The number of ether oxygens (including phenoxy) is 2. The lowest BCUT2D eigenvalue weighted by Crippen LogP contribution is -2.21. The molecular formula is C25H25FIN5O4S. The number of benzene rings is 2. The number of aryl methyl sites for hydroxylation is 2. The van der Waals surface area contributed by atoms with Crippen LogP contribution >= 0.6 is 34.4 Å². The Kier molecular flexibility index (Phi) is 10.6. The van der Waals surface area contributed by atoms with Gasteiger partial charge in [-0.25, -0.2) is 19.8 Å². The van der Waals surface area contributed by atoms with Crippen molar-refractivity contribution in [1.82, 2.24) is 15.4 Å². The number of aromatic nitrogens is 2. The van der Waals surface area contributed by atoms with Gasteiger partial charge in [-0.3, -0.25) is 9.59 Å². The highest BCUT2D eigenvalue weighted by molar-refractivity contribution is 14.1. The molecule has 37 heavy (non-hydrogen) atoms. The minimum absolute atomic E-state index is 0.120. The van der Waals surface area contributed by atoms with Crippen LogP contribution in [0.5, 0.6) is 11.5 Å². The number of anilines is 1. The second-order valence-corrected chi connectivity index (χ2v) is 9.73. The van der Waals surface area contributed by atoms with Crippen molar-refractivity contribution in [3.05, 3.63) is 68.8 Å². The Morgan fingerprint density at radius 1 is 1.08 bits per heavy atom. The predicted octanol–water partition coefficient (Wildman–Crippen LogP) is 4.50. The number of hydrogen-bond donors (Lipinski definition) is 2. The molecule has 0 spiro atoms. The van der Waals surface area contributed by atoms with Crippen LogP contribution in [-0.4, -0.2) is 47.0 Å². The second kappa shape index (κ2) is 13.9. The second-order valence-electron chi connectivity index (χ2n) is 7.62. The summed E-state index contributed by atoms with van der Waals surface area (Å²) in [6.07, 6.45) is 1.49. The molecule has 1 aromatic heterocycles. The molecule has 2 aromatic carbocycles. The summed E-state index contributed by atoms with van der Waals surface area (Å²) in [4.78, 5) is 33.0. The molecule has 0 aliphatic rings. The summed E-state index contributed by atoms with van der Waals surface area (Å²) in [7, 11) is 0. The van der Waals surface area contributed by atoms with Gasteiger partial charge in [0.25, 0.3) is 11.8 Å². The number of amides is 2. The first kappa shape index (κ1) is 28.3. The standard InChI is InChI=1S/C25H25FIN5O4S/c1-4-35-21-11-17(12-28-32-23(34)14-37-25-29-15(2)9-16(3)30-25)10-20(27)24(21)36-13-22(33)31-19-7-5-18(26)6-8-19/h5-12H,4,13-14H2,1-3H3,(H,31,33)(H,32,34)/b28-12-. The first-order valence-electron chi connectivity index (χ1n) is 11.1. The SMILES string of the molecule is CCOc1cc(/C=N\NC(=O)CSc2nc(C)cc(C)n2)cc(I)c1OCC(=O)Nc1ccc(F)cc1. The average molecular weight is 637 g/mol. The van der Waals surface area contributed by atoms with Crippen molar-refractivity contribution >= 4 is 58.1 Å². The zero-order chi connectivity index (χ0) is 26.8. The number of hydrazone groups is 1. The van der Waals surface area contributed by atoms with Gasteiger partial charge in [-0.15, -0.1) is 0 Å². The number of nitrogens with one attached hydrogen (secondary N) is 2. The van der Waals surface area contributed by atoms with E-state index in [1.54, 1.807) is 12.1 Å². The fourth-order valence-electron chi connectivity index (χ4n) is 3.03. The zero-order valence-electron chi connectivity index (χ0n) is 20.4. The molecule has 0 fully saturated rings. The smallest absolute Gasteiger partial charge is 0.262 e. The van der Waals surface area contributed by atoms with Gasteiger partial charge in [-0.05, 0) is 91.4 Å². The number of rotatable bonds is 11. The van der Waals surface area contributed by atoms with Crippen LogP contribution in [0.3, 0.4) is 0 Å². The van der Waals surface area contributed by atoms with Crippen molar-refractivity contribution in [2.45, 2.75) is 25.9 Å². The van der Waals surface area contributed by atoms with Crippen LogP contribution in [0.4, 0.5) is 10.1 Å². The molecule has 0 saturated carbocycles. The van der Waals surface area contributed by atoms with E-state index in [0.29, 0.717) is 38.1 Å². The maximum Gasteiger partial charge on any atom is 0.262 e. The van der Waals surface area contributed by atoms with Crippen LogP contribution in [0.25, 0.3) is 0 Å². The van der Waals surface area contributed by atoms with E-state index in [9.17, 15) is 14.0 Å². The molecule has 0 radical (unpaired) electrons. The highest BCUT2D eigenvalue weighted by Crippen LogP contribution is 2.34. The van der Waals surface area contributed by atoms with Gasteiger partial charge in [0.05, 0.1) is 22.1 Å². The van der Waals surface area contributed by atoms with Gasteiger partial charge in [-0.2, -0.15) is 5.10 Å². The summed E-state index contributed by atoms with van der Waals surface area (Å²) in [5, 5.41) is 7.20. The highest BCUT2D eigenvalue weighted by Gasteiger charge is 2.14. The van der Waals surface area contributed by atoms with Gasteiger partial charge in [-0.1, -0.05) is 11.8 Å². The van der Waals surface area contributed by atoms with E-state index in [1.807, 2.05) is 26.8 Å². The van der Waals surface area contributed by atoms with Gasteiger partial charge >= 0.3 is 0 Å². The van der Waals surface area contributed by atoms with E-state index in [-0.39, 0.29) is 24.1 Å². The van der Waals surface area contributed by atoms with E-state index < -0.39 is 5.91 Å². The lowest BCUT2D eigenvalue weighted by molar-refractivity contribution is -0.119. The molecule has 0 saturated heterocycles. The molecule has 3 aromatic rings. The average Bonchev–Trinajstić information content (AvgIpc) is 2.83. The van der Waals surface area contributed by atoms with Crippen molar-refractivity contribution in [3.63, 3.8) is 0 Å². The van der Waals surface area contributed by atoms with Crippen LogP contribution in [-0.2, 0) is 9.59 Å². The molecule has 0 unspecified atom stereocenters. The van der Waals surface area contributed by atoms with E-state index >= 15 is 0 Å². The molecule has 0 aliphatic heterocycles. The Labute approximate surface area is 231 Å². The number of nitrogens with zero attached hydrogens (tertiary/aromatic N) is 3. The molecule has 2 N–H and O–H groups in total. The molecular weight excluding hydrogens is 612 g/mol. The van der Waals surface area contributed by atoms with Crippen molar-refractivity contribution in [1.29, 1.82) is 0 Å². The van der Waals surface area contributed by atoms with Crippen molar-refractivity contribution in [2.75, 3.05) is 24.3 Å². The van der Waals surface area contributed by atoms with Gasteiger partial charge < -0.3 is 14.8 Å². The van der Waals surface area contributed by atoms with Gasteiger partial charge in [0.15, 0.2) is 23.3 Å². The molecule has 194 valence electrons. The number of thioether (sulfide) groups is 1. The third-order valence-electron chi connectivity index (χ3n) is 4.50. The summed E-state index contributed by atoms with van der Waals surface area (Å²) >= 11 is 3.30. The van der Waals surface area contributed by atoms with E-state index in [2.05, 4.69) is 48.4 Å². The number of carbonyl (C=O) groups is 2. The Hall–Kier alpha value is -3.26. The third-order valence-corrected chi connectivity index (χ3v) is 6.15. The van der Waals surface area contributed by atoms with E-state index in [1.165, 1.54) is 42.2 Å². The summed E-state index contributed by atoms with van der Waals surface area (Å²) in [6, 6.07) is 10.8. The first-order valence-corrected chi connectivity index (χ1v) is 13.2. The van der Waals surface area contributed by atoms with Crippen LogP contribution < -0.4 is 20.2 Å². The van der Waals surface area contributed by atoms with Crippen LogP contribution in [0, 0.1) is 23.2 Å². The lowest BCUT2D eigenvalue weighted by atomic mass is 10.2. The summed E-state index contributed by atoms with van der Waals surface area (Å²) in [6.45, 7) is 5.69. The lowest BCUT2D eigenvalue weighted by Gasteiger charge is -2.14. The molecule has 0 atom stereocenters. The third kappa shape index (κ3) is 9.28. The maximum atomic E-state index is 13.0. The molecule has 3 rings (SSSR count). The van der Waals surface area contributed by atoms with Crippen molar-refractivity contribution in [2.24, 2.45) is 5.10 Å². The Morgan fingerprint density at radius 2 is 1.78 bits per heavy atom. The topological polar surface area (TPSA) is 115 Å². The van der Waals surface area contributed by atoms with Gasteiger partial charge in [0.1, 0.15) is 5.82 Å². The molecule has 2 amide bonds. The first-order chi connectivity index (χ1) is 17.7. The maximum absolute atomic E-state index is 13.0. The van der Waals surface area contributed by atoms with Gasteiger partial charge in [0, 0.05) is 17.1 Å². The summed E-state index contributed by atoms with van der Waals surface area (Å²) in [5.41, 5.74) is 5.30. The van der Waals surface area contributed by atoms with Crippen molar-refractivity contribution in [3.8, 4) is 11.5 Å². The minimum Gasteiger partial charge on any atom is -0.490 e. The van der Waals surface area contributed by atoms with E-state index in [0.717, 1.165) is 11.4 Å². The Bertz CT molecular complexity index is 1270. The molecule has 1 heterocycles. The quantitative estimate of drug-likeness (QED) is 0.105. The summed E-state index contributed by atoms with van der Waals surface area (Å²) in [5.74, 6) is -0.131. The summed E-state index contributed by atoms with van der Waals surface area (Å²) < 4.78 is 25.1. The molecule has 0 aliphatic carbocycles. The fourth-order valence-corrected chi connectivity index (χ4v) is 4.56. The monoisotopic (exact) mass is 637 g/mol. The largest absolute Gasteiger partial charge is 0.490 e. The number of hydrogen-bond acceptors (Lipinski definition) is 8. The normalized spacial score (nSPS) is 10.8. The molecule has 12 heteroatoms. The van der Waals surface area contributed by atoms with Gasteiger partial charge in [0.2, 0.25) is 0 Å². The Morgan fingerprint density at radius 3 is 2.46 bits per heavy atom. The minimum atomic E-state index is -0.401.